The lowest BCUT2D eigenvalue weighted by atomic mass is 10.2. The first-order chi connectivity index (χ1) is 7.19. The Morgan fingerprint density at radius 3 is 2.73 bits per heavy atom. The molecule has 0 bridgehead atoms. The maximum atomic E-state index is 13.3. The van der Waals surface area contributed by atoms with E-state index in [1.54, 1.807) is 6.07 Å². The summed E-state index contributed by atoms with van der Waals surface area (Å²) in [5.74, 6) is -0.179. The van der Waals surface area contributed by atoms with Gasteiger partial charge >= 0.3 is 0 Å². The summed E-state index contributed by atoms with van der Waals surface area (Å²) in [7, 11) is 0. The van der Waals surface area contributed by atoms with Crippen molar-refractivity contribution in [1.29, 1.82) is 0 Å². The van der Waals surface area contributed by atoms with Gasteiger partial charge in [0.2, 0.25) is 0 Å². The molecule has 0 aliphatic heterocycles. The van der Waals surface area contributed by atoms with E-state index in [0.717, 1.165) is 18.7 Å². The number of ether oxygens (including phenoxy) is 1. The fourth-order valence-electron chi connectivity index (χ4n) is 1.25. The van der Waals surface area contributed by atoms with Crippen LogP contribution in [0.15, 0.2) is 12.1 Å². The molecule has 0 aliphatic carbocycles. The van der Waals surface area contributed by atoms with Crippen LogP contribution in [0.25, 0.3) is 0 Å². The SMILES string of the molecule is CCCNc1cc(OCC)c(F)cc1N. The lowest BCUT2D eigenvalue weighted by Gasteiger charge is -2.11. The second-order valence-electron chi connectivity index (χ2n) is 3.23. The van der Waals surface area contributed by atoms with Gasteiger partial charge in [-0.15, -0.1) is 0 Å². The highest BCUT2D eigenvalue weighted by Crippen LogP contribution is 2.28. The summed E-state index contributed by atoms with van der Waals surface area (Å²) in [5, 5.41) is 3.12. The zero-order chi connectivity index (χ0) is 11.3. The Morgan fingerprint density at radius 1 is 1.40 bits per heavy atom. The predicted octanol–water partition coefficient (Wildman–Crippen LogP) is 2.63. The topological polar surface area (TPSA) is 47.3 Å². The van der Waals surface area contributed by atoms with Crippen molar-refractivity contribution in [1.82, 2.24) is 0 Å². The van der Waals surface area contributed by atoms with Crippen LogP contribution in [0.2, 0.25) is 0 Å². The molecule has 0 amide bonds. The number of rotatable bonds is 5. The van der Waals surface area contributed by atoms with Gasteiger partial charge in [0, 0.05) is 18.7 Å². The molecule has 0 radical (unpaired) electrons. The van der Waals surface area contributed by atoms with Gasteiger partial charge in [-0.3, -0.25) is 0 Å². The Bertz CT molecular complexity index is 329. The van der Waals surface area contributed by atoms with Gasteiger partial charge in [0.25, 0.3) is 0 Å². The summed E-state index contributed by atoms with van der Waals surface area (Å²) in [6, 6.07) is 2.88. The van der Waals surface area contributed by atoms with E-state index in [4.69, 9.17) is 10.5 Å². The molecule has 15 heavy (non-hydrogen) atoms. The number of halogens is 1. The van der Waals surface area contributed by atoms with E-state index in [1.807, 2.05) is 6.92 Å². The van der Waals surface area contributed by atoms with Crippen molar-refractivity contribution >= 4 is 11.4 Å². The second-order valence-corrected chi connectivity index (χ2v) is 3.23. The molecule has 0 unspecified atom stereocenters. The number of hydrogen-bond donors (Lipinski definition) is 2. The number of nitrogens with one attached hydrogen (secondary N) is 1. The van der Waals surface area contributed by atoms with Crippen molar-refractivity contribution in [3.8, 4) is 5.75 Å². The van der Waals surface area contributed by atoms with Crippen LogP contribution in [0.4, 0.5) is 15.8 Å². The molecule has 1 aromatic rings. The van der Waals surface area contributed by atoms with Gasteiger partial charge in [0.15, 0.2) is 11.6 Å². The van der Waals surface area contributed by atoms with Crippen molar-refractivity contribution in [3.05, 3.63) is 17.9 Å². The molecule has 3 N–H and O–H groups in total. The fraction of sp³-hybridized carbons (Fsp3) is 0.455. The number of benzene rings is 1. The quantitative estimate of drug-likeness (QED) is 0.737. The molecule has 0 spiro atoms. The zero-order valence-electron chi connectivity index (χ0n) is 9.14. The first kappa shape index (κ1) is 11.6. The Hall–Kier alpha value is -1.45. The summed E-state index contributed by atoms with van der Waals surface area (Å²) >= 11 is 0. The smallest absolute Gasteiger partial charge is 0.167 e. The van der Waals surface area contributed by atoms with Gasteiger partial charge < -0.3 is 15.8 Å². The third kappa shape index (κ3) is 3.01. The lowest BCUT2D eigenvalue weighted by Crippen LogP contribution is -2.05. The maximum Gasteiger partial charge on any atom is 0.167 e. The first-order valence-electron chi connectivity index (χ1n) is 5.14. The third-order valence-corrected chi connectivity index (χ3v) is 1.97. The van der Waals surface area contributed by atoms with Crippen LogP contribution in [0.5, 0.6) is 5.75 Å². The van der Waals surface area contributed by atoms with Crippen molar-refractivity contribution in [2.75, 3.05) is 24.2 Å². The average molecular weight is 212 g/mol. The predicted molar refractivity (Wildman–Crippen MR) is 60.8 cm³/mol. The normalized spacial score (nSPS) is 10.1. The Labute approximate surface area is 89.4 Å². The summed E-state index contributed by atoms with van der Waals surface area (Å²) in [6.07, 6.45) is 0.987. The molecule has 84 valence electrons. The monoisotopic (exact) mass is 212 g/mol. The van der Waals surface area contributed by atoms with E-state index in [2.05, 4.69) is 12.2 Å². The van der Waals surface area contributed by atoms with E-state index < -0.39 is 5.82 Å². The minimum Gasteiger partial charge on any atom is -0.491 e. The number of nitrogen functional groups attached to an aromatic ring is 1. The van der Waals surface area contributed by atoms with Crippen molar-refractivity contribution in [3.63, 3.8) is 0 Å². The molecule has 0 aromatic heterocycles. The average Bonchev–Trinajstić information content (AvgIpc) is 2.20. The minimum absolute atomic E-state index is 0.241. The van der Waals surface area contributed by atoms with Crippen LogP contribution in [0.3, 0.4) is 0 Å². The van der Waals surface area contributed by atoms with Gasteiger partial charge in [-0.25, -0.2) is 4.39 Å². The molecule has 0 atom stereocenters. The molecule has 0 saturated carbocycles. The number of hydrogen-bond acceptors (Lipinski definition) is 3. The van der Waals surface area contributed by atoms with Crippen LogP contribution in [-0.4, -0.2) is 13.2 Å². The Morgan fingerprint density at radius 2 is 2.13 bits per heavy atom. The highest BCUT2D eigenvalue weighted by molar-refractivity contribution is 5.68. The standard InChI is InChI=1S/C11H17FN2O/c1-3-5-14-10-7-11(15-4-2)8(12)6-9(10)13/h6-7,14H,3-5,13H2,1-2H3. The summed E-state index contributed by atoms with van der Waals surface area (Å²) in [4.78, 5) is 0. The molecule has 0 saturated heterocycles. The summed E-state index contributed by atoms with van der Waals surface area (Å²) in [6.45, 7) is 5.11. The molecular formula is C11H17FN2O. The van der Waals surface area contributed by atoms with E-state index in [9.17, 15) is 4.39 Å². The van der Waals surface area contributed by atoms with Gasteiger partial charge in [-0.2, -0.15) is 0 Å². The lowest BCUT2D eigenvalue weighted by molar-refractivity contribution is 0.322. The highest BCUT2D eigenvalue weighted by atomic mass is 19.1. The largest absolute Gasteiger partial charge is 0.491 e. The van der Waals surface area contributed by atoms with Gasteiger partial charge in [0.1, 0.15) is 0 Å². The second kappa shape index (κ2) is 5.44. The Kier molecular flexibility index (Phi) is 4.21. The minimum atomic E-state index is -0.420. The molecule has 1 aromatic carbocycles. The van der Waals surface area contributed by atoms with Crippen molar-refractivity contribution < 1.29 is 9.13 Å². The van der Waals surface area contributed by atoms with Gasteiger partial charge in [-0.05, 0) is 13.3 Å². The molecule has 1 rings (SSSR count). The molecule has 3 nitrogen and oxygen atoms in total. The molecular weight excluding hydrogens is 195 g/mol. The molecule has 0 aliphatic rings. The van der Waals surface area contributed by atoms with E-state index in [0.29, 0.717) is 12.3 Å². The molecule has 0 fully saturated rings. The molecule has 4 heteroatoms. The Balaban J connectivity index is 2.90. The maximum absolute atomic E-state index is 13.3. The van der Waals surface area contributed by atoms with Crippen LogP contribution >= 0.6 is 0 Å². The van der Waals surface area contributed by atoms with E-state index >= 15 is 0 Å². The third-order valence-electron chi connectivity index (χ3n) is 1.97. The van der Waals surface area contributed by atoms with Crippen molar-refractivity contribution in [2.45, 2.75) is 20.3 Å². The van der Waals surface area contributed by atoms with Crippen LogP contribution in [-0.2, 0) is 0 Å². The zero-order valence-corrected chi connectivity index (χ0v) is 9.14. The number of anilines is 2. The fourth-order valence-corrected chi connectivity index (χ4v) is 1.25. The van der Waals surface area contributed by atoms with Crippen molar-refractivity contribution in [2.24, 2.45) is 0 Å². The van der Waals surface area contributed by atoms with Crippen LogP contribution < -0.4 is 15.8 Å². The highest BCUT2D eigenvalue weighted by Gasteiger charge is 2.07. The number of nitrogens with two attached hydrogens (primary N) is 1. The summed E-state index contributed by atoms with van der Waals surface area (Å²) < 4.78 is 18.4. The summed E-state index contributed by atoms with van der Waals surface area (Å²) in [5.41, 5.74) is 6.80. The molecule has 0 heterocycles. The van der Waals surface area contributed by atoms with Crippen LogP contribution in [0.1, 0.15) is 20.3 Å². The van der Waals surface area contributed by atoms with E-state index in [-0.39, 0.29) is 5.75 Å². The van der Waals surface area contributed by atoms with Crippen LogP contribution in [0, 0.1) is 5.82 Å². The van der Waals surface area contributed by atoms with E-state index in [1.165, 1.54) is 6.07 Å². The first-order valence-corrected chi connectivity index (χ1v) is 5.14. The van der Waals surface area contributed by atoms with Gasteiger partial charge in [0.05, 0.1) is 18.0 Å². The van der Waals surface area contributed by atoms with Gasteiger partial charge in [-0.1, -0.05) is 6.92 Å².